The fourth-order valence-corrected chi connectivity index (χ4v) is 3.11. The van der Waals surface area contributed by atoms with Crippen molar-refractivity contribution in [1.29, 1.82) is 0 Å². The Labute approximate surface area is 172 Å². The van der Waals surface area contributed by atoms with Gasteiger partial charge in [0, 0.05) is 26.0 Å². The summed E-state index contributed by atoms with van der Waals surface area (Å²) in [6.45, 7) is 3.23. The molecule has 0 aliphatic rings. The molecule has 0 aliphatic carbocycles. The minimum Gasteiger partial charge on any atom is -0.379 e. The number of carbonyl (C=O) groups is 2. The summed E-state index contributed by atoms with van der Waals surface area (Å²) in [7, 11) is -4.09. The Hall–Kier alpha value is -3.51. The molecule has 2 amide bonds. The van der Waals surface area contributed by atoms with Gasteiger partial charge in [-0.25, -0.2) is 13.6 Å². The predicted molar refractivity (Wildman–Crippen MR) is 112 cm³/mol. The number of nitrogens with zero attached hydrogens (tertiary/aromatic N) is 1. The van der Waals surface area contributed by atoms with E-state index in [2.05, 4.69) is 16.0 Å². The Kier molecular flexibility index (Phi) is 7.08. The van der Waals surface area contributed by atoms with E-state index < -0.39 is 20.6 Å². The van der Waals surface area contributed by atoms with Gasteiger partial charge in [-0.3, -0.25) is 19.7 Å². The van der Waals surface area contributed by atoms with Gasteiger partial charge >= 0.3 is 0 Å². The quantitative estimate of drug-likeness (QED) is 0.362. The van der Waals surface area contributed by atoms with Gasteiger partial charge in [0.15, 0.2) is 0 Å². The zero-order chi connectivity index (χ0) is 22.5. The second-order valence-corrected chi connectivity index (χ2v) is 8.00. The summed E-state index contributed by atoms with van der Waals surface area (Å²) < 4.78 is 22.7. The van der Waals surface area contributed by atoms with Gasteiger partial charge < -0.3 is 16.0 Å². The number of hydrogen-bond donors (Lipinski definition) is 4. The van der Waals surface area contributed by atoms with Crippen LogP contribution in [0.25, 0.3) is 0 Å². The largest absolute Gasteiger partial charge is 0.379 e. The van der Waals surface area contributed by atoms with E-state index in [4.69, 9.17) is 5.14 Å². The first-order chi connectivity index (χ1) is 14.0. The molecule has 0 spiro atoms. The van der Waals surface area contributed by atoms with Gasteiger partial charge in [-0.1, -0.05) is 6.07 Å². The molecule has 2 rings (SSSR count). The minimum atomic E-state index is -4.09. The van der Waals surface area contributed by atoms with E-state index in [0.717, 1.165) is 17.7 Å². The van der Waals surface area contributed by atoms with Crippen molar-refractivity contribution in [3.8, 4) is 0 Å². The summed E-state index contributed by atoms with van der Waals surface area (Å²) in [5.74, 6) is -0.672. The van der Waals surface area contributed by atoms with Crippen molar-refractivity contribution in [2.75, 3.05) is 22.5 Å². The lowest BCUT2D eigenvalue weighted by Crippen LogP contribution is -2.18. The van der Waals surface area contributed by atoms with Crippen molar-refractivity contribution in [3.05, 3.63) is 52.1 Å². The summed E-state index contributed by atoms with van der Waals surface area (Å²) in [4.78, 5) is 33.6. The molecule has 0 atom stereocenters. The van der Waals surface area contributed by atoms with Crippen molar-refractivity contribution >= 4 is 44.6 Å². The van der Waals surface area contributed by atoms with Gasteiger partial charge in [-0.2, -0.15) is 0 Å². The third-order valence-electron chi connectivity index (χ3n) is 3.92. The number of rotatable bonds is 8. The summed E-state index contributed by atoms with van der Waals surface area (Å²) in [6.07, 6.45) is -0.0401. The monoisotopic (exact) mass is 435 g/mol. The molecule has 12 heteroatoms. The van der Waals surface area contributed by atoms with Crippen molar-refractivity contribution in [3.63, 3.8) is 0 Å². The van der Waals surface area contributed by atoms with Crippen LogP contribution in [0.2, 0.25) is 0 Å². The van der Waals surface area contributed by atoms with Crippen molar-refractivity contribution in [2.45, 2.75) is 25.2 Å². The van der Waals surface area contributed by atoms with Gasteiger partial charge in [0.05, 0.1) is 21.2 Å². The molecule has 2 aromatic carbocycles. The second-order valence-electron chi connectivity index (χ2n) is 6.44. The fourth-order valence-electron chi connectivity index (χ4n) is 2.57. The molecule has 0 radical (unpaired) electrons. The highest BCUT2D eigenvalue weighted by atomic mass is 32.2. The molecule has 0 saturated carbocycles. The Morgan fingerprint density at radius 3 is 2.33 bits per heavy atom. The lowest BCUT2D eigenvalue weighted by atomic mass is 10.2. The van der Waals surface area contributed by atoms with E-state index in [9.17, 15) is 28.1 Å². The number of carbonyl (C=O) groups excluding carboxylic acids is 2. The zero-order valence-electron chi connectivity index (χ0n) is 16.3. The van der Waals surface area contributed by atoms with E-state index in [1.807, 2.05) is 6.92 Å². The molecular weight excluding hydrogens is 414 g/mol. The molecule has 0 saturated heterocycles. The van der Waals surface area contributed by atoms with Crippen molar-refractivity contribution in [1.82, 2.24) is 0 Å². The number of nitrogens with two attached hydrogens (primary N) is 1. The number of sulfonamides is 1. The molecular formula is C18H21N5O6S. The summed E-state index contributed by atoms with van der Waals surface area (Å²) in [6, 6.07) is 8.36. The first-order valence-electron chi connectivity index (χ1n) is 8.70. The normalized spacial score (nSPS) is 10.9. The number of anilines is 3. The number of nitrogens with one attached hydrogen (secondary N) is 3. The average molecular weight is 435 g/mol. The maximum Gasteiger partial charge on any atom is 0.293 e. The van der Waals surface area contributed by atoms with Crippen LogP contribution in [0, 0.1) is 17.0 Å². The van der Waals surface area contributed by atoms with Crippen LogP contribution in [0.1, 0.15) is 18.9 Å². The van der Waals surface area contributed by atoms with E-state index >= 15 is 0 Å². The molecule has 30 heavy (non-hydrogen) atoms. The van der Waals surface area contributed by atoms with Crippen LogP contribution in [-0.2, 0) is 19.6 Å². The Morgan fingerprint density at radius 2 is 1.73 bits per heavy atom. The average Bonchev–Trinajstić information content (AvgIpc) is 2.62. The number of aryl methyl sites for hydroxylation is 1. The van der Waals surface area contributed by atoms with Crippen LogP contribution < -0.4 is 21.1 Å². The van der Waals surface area contributed by atoms with Gasteiger partial charge in [0.2, 0.25) is 21.8 Å². The maximum absolute atomic E-state index is 12.3. The summed E-state index contributed by atoms with van der Waals surface area (Å²) >= 11 is 0. The number of amides is 2. The molecule has 2 aromatic rings. The third-order valence-corrected chi connectivity index (χ3v) is 4.83. The lowest BCUT2D eigenvalue weighted by molar-refractivity contribution is -0.384. The predicted octanol–water partition coefficient (Wildman–Crippen LogP) is 1.95. The number of primary sulfonamides is 1. The fraction of sp³-hybridized carbons (Fsp3) is 0.222. The Balaban J connectivity index is 2.06. The van der Waals surface area contributed by atoms with E-state index in [0.29, 0.717) is 11.4 Å². The molecule has 0 heterocycles. The van der Waals surface area contributed by atoms with E-state index in [1.54, 1.807) is 18.2 Å². The number of nitro benzene ring substituents is 1. The van der Waals surface area contributed by atoms with Gasteiger partial charge in [-0.15, -0.1) is 0 Å². The molecule has 0 aliphatic heterocycles. The van der Waals surface area contributed by atoms with Crippen LogP contribution in [0.5, 0.6) is 0 Å². The molecule has 0 aromatic heterocycles. The number of benzene rings is 2. The van der Waals surface area contributed by atoms with Crippen molar-refractivity contribution < 1.29 is 22.9 Å². The number of hydrogen-bond acceptors (Lipinski definition) is 7. The maximum atomic E-state index is 12.3. The Morgan fingerprint density at radius 1 is 1.07 bits per heavy atom. The van der Waals surface area contributed by atoms with Gasteiger partial charge in [0.1, 0.15) is 5.69 Å². The molecule has 160 valence electrons. The summed E-state index contributed by atoms with van der Waals surface area (Å²) in [5.41, 5.74) is 1.33. The highest BCUT2D eigenvalue weighted by Gasteiger charge is 2.19. The van der Waals surface area contributed by atoms with E-state index in [-0.39, 0.29) is 35.4 Å². The van der Waals surface area contributed by atoms with Crippen LogP contribution in [0.4, 0.5) is 22.7 Å². The van der Waals surface area contributed by atoms with Gasteiger partial charge in [0.25, 0.3) is 5.69 Å². The first-order valence-corrected chi connectivity index (χ1v) is 10.2. The molecule has 0 fully saturated rings. The molecule has 5 N–H and O–H groups in total. The van der Waals surface area contributed by atoms with Gasteiger partial charge in [-0.05, 0) is 36.8 Å². The second kappa shape index (κ2) is 9.33. The smallest absolute Gasteiger partial charge is 0.293 e. The zero-order valence-corrected chi connectivity index (χ0v) is 17.1. The van der Waals surface area contributed by atoms with Crippen LogP contribution in [0.3, 0.4) is 0 Å². The molecule has 0 unspecified atom stereocenters. The summed E-state index contributed by atoms with van der Waals surface area (Å²) in [5, 5.41) is 24.3. The topological polar surface area (TPSA) is 174 Å². The highest BCUT2D eigenvalue weighted by molar-refractivity contribution is 7.89. The first kappa shape index (κ1) is 22.8. The highest BCUT2D eigenvalue weighted by Crippen LogP contribution is 2.27. The molecule has 0 bridgehead atoms. The number of nitro groups is 1. The SMILES string of the molecule is CC(=O)Nc1ccc(C)cc1NC(=O)CCNc1ccc(S(N)(=O)=O)cc1[N+](=O)[O-]. The van der Waals surface area contributed by atoms with E-state index in [1.165, 1.54) is 13.0 Å². The third kappa shape index (κ3) is 6.25. The Bertz CT molecular complexity index is 1100. The minimum absolute atomic E-state index is 0.0401. The van der Waals surface area contributed by atoms with Crippen LogP contribution in [-0.4, -0.2) is 31.7 Å². The lowest BCUT2D eigenvalue weighted by Gasteiger charge is -2.13. The van der Waals surface area contributed by atoms with Crippen LogP contribution in [0.15, 0.2) is 41.3 Å². The van der Waals surface area contributed by atoms with Crippen molar-refractivity contribution in [2.24, 2.45) is 5.14 Å². The molecule has 11 nitrogen and oxygen atoms in total. The van der Waals surface area contributed by atoms with Crippen LogP contribution >= 0.6 is 0 Å². The standard InChI is InChI=1S/C18H21N5O6S/c1-11-3-5-14(21-12(2)24)16(9-11)22-18(25)7-8-20-15-6-4-13(30(19,28)29)10-17(15)23(26)27/h3-6,9-10,20H,7-8H2,1-2H3,(H,21,24)(H,22,25)(H2,19,28,29).